The van der Waals surface area contributed by atoms with Crippen LogP contribution < -0.4 is 20.3 Å². The zero-order valence-electron chi connectivity index (χ0n) is 23.4. The van der Waals surface area contributed by atoms with Crippen molar-refractivity contribution in [2.45, 2.75) is 71.8 Å². The monoisotopic (exact) mass is 530 g/mol. The minimum Gasteiger partial charge on any atom is -0.489 e. The van der Waals surface area contributed by atoms with E-state index < -0.39 is 0 Å². The molecule has 1 heterocycles. The molecule has 3 aromatic rings. The summed E-state index contributed by atoms with van der Waals surface area (Å²) in [6.07, 6.45) is 13.3. The highest BCUT2D eigenvalue weighted by molar-refractivity contribution is 6.03. The average Bonchev–Trinajstić information content (AvgIpc) is 2.95. The van der Waals surface area contributed by atoms with E-state index in [1.54, 1.807) is 16.7 Å². The summed E-state index contributed by atoms with van der Waals surface area (Å²) in [5.41, 5.74) is 2.05. The van der Waals surface area contributed by atoms with Gasteiger partial charge in [0.05, 0.1) is 12.1 Å². The topological polar surface area (TPSA) is 69.6 Å². The highest BCUT2D eigenvalue weighted by Gasteiger charge is 2.20. The van der Waals surface area contributed by atoms with E-state index in [0.29, 0.717) is 24.6 Å². The fourth-order valence-electron chi connectivity index (χ4n) is 4.43. The van der Waals surface area contributed by atoms with Gasteiger partial charge in [0.1, 0.15) is 6.61 Å². The van der Waals surface area contributed by atoms with Crippen LogP contribution in [0.3, 0.4) is 0 Å². The molecule has 208 valence electrons. The normalized spacial score (nSPS) is 11.1. The third-order valence-corrected chi connectivity index (χ3v) is 6.50. The first-order valence-corrected chi connectivity index (χ1v) is 14.2. The van der Waals surface area contributed by atoms with Crippen molar-refractivity contribution < 1.29 is 14.3 Å². The van der Waals surface area contributed by atoms with E-state index in [1.807, 2.05) is 48.5 Å². The molecule has 0 unspecified atom stereocenters. The lowest BCUT2D eigenvalue weighted by Crippen LogP contribution is -2.24. The number of carbonyl (C=O) groups is 1. The van der Waals surface area contributed by atoms with Crippen LogP contribution in [0.4, 0.5) is 5.69 Å². The first kappa shape index (κ1) is 29.8. The molecule has 0 saturated heterocycles. The lowest BCUT2D eigenvalue weighted by molar-refractivity contribution is -0.111. The molecule has 0 saturated carbocycles. The molecule has 0 atom stereocenters. The molecular weight excluding hydrogens is 488 g/mol. The zero-order valence-corrected chi connectivity index (χ0v) is 23.4. The van der Waals surface area contributed by atoms with Crippen LogP contribution in [0.15, 0.2) is 72.1 Å². The molecule has 1 N–H and O–H groups in total. The number of benzene rings is 2. The average molecular weight is 531 g/mol. The predicted molar refractivity (Wildman–Crippen MR) is 162 cm³/mol. The Bertz CT molecular complexity index is 1290. The summed E-state index contributed by atoms with van der Waals surface area (Å²) < 4.78 is 13.8. The number of anilines is 1. The summed E-state index contributed by atoms with van der Waals surface area (Å²) in [5, 5.41) is 3.72. The van der Waals surface area contributed by atoms with E-state index >= 15 is 0 Å². The Balaban J connectivity index is 1.98. The molecule has 1 amide bonds. The van der Waals surface area contributed by atoms with Gasteiger partial charge in [0.15, 0.2) is 5.75 Å². The van der Waals surface area contributed by atoms with Gasteiger partial charge in [-0.15, -0.1) is 0 Å². The first-order chi connectivity index (χ1) is 19.1. The standard InChI is InChI=1S/C33H42N2O4/c1-4-7-9-14-22-35-29-25-27(34-30(36)21-18-26-16-12-11-13-17-26)19-20-28(29)31(39-24-15-10-8-5-2)32(33(35)37)38-23-6-3/h6,11-13,16-21,25H,3-5,7-10,14-15,22-24H2,1-2H3,(H,34,36). The molecule has 0 aliphatic carbocycles. The van der Waals surface area contributed by atoms with Crippen molar-refractivity contribution in [2.24, 2.45) is 0 Å². The molecule has 6 heteroatoms. The van der Waals surface area contributed by atoms with Gasteiger partial charge in [-0.3, -0.25) is 9.59 Å². The van der Waals surface area contributed by atoms with Crippen molar-refractivity contribution in [3.63, 3.8) is 0 Å². The molecule has 2 aromatic carbocycles. The van der Waals surface area contributed by atoms with Crippen LogP contribution in [-0.2, 0) is 11.3 Å². The van der Waals surface area contributed by atoms with Crippen molar-refractivity contribution >= 4 is 28.6 Å². The molecule has 0 radical (unpaired) electrons. The number of aryl methyl sites for hydroxylation is 1. The SMILES string of the molecule is C=CCOc1c(OCCCCCC)c2ccc(NC(=O)C=Cc3ccccc3)cc2n(CCCCCC)c1=O. The molecule has 0 bridgehead atoms. The second-order valence-corrected chi connectivity index (χ2v) is 9.65. The van der Waals surface area contributed by atoms with Gasteiger partial charge in [0, 0.05) is 23.7 Å². The van der Waals surface area contributed by atoms with E-state index in [2.05, 4.69) is 25.7 Å². The second-order valence-electron chi connectivity index (χ2n) is 9.65. The van der Waals surface area contributed by atoms with Gasteiger partial charge in [-0.2, -0.15) is 0 Å². The van der Waals surface area contributed by atoms with Gasteiger partial charge < -0.3 is 19.4 Å². The molecule has 0 aliphatic rings. The van der Waals surface area contributed by atoms with E-state index in [4.69, 9.17) is 9.47 Å². The summed E-state index contributed by atoms with van der Waals surface area (Å²) in [7, 11) is 0. The number of unbranched alkanes of at least 4 members (excludes halogenated alkanes) is 6. The Morgan fingerprint density at radius 1 is 0.923 bits per heavy atom. The molecule has 0 fully saturated rings. The van der Waals surface area contributed by atoms with E-state index in [1.165, 1.54) is 6.08 Å². The van der Waals surface area contributed by atoms with Crippen LogP contribution in [0.2, 0.25) is 0 Å². The smallest absolute Gasteiger partial charge is 0.297 e. The number of hydrogen-bond acceptors (Lipinski definition) is 4. The number of carbonyl (C=O) groups excluding carboxylic acids is 1. The van der Waals surface area contributed by atoms with Crippen LogP contribution in [0.5, 0.6) is 11.5 Å². The van der Waals surface area contributed by atoms with Gasteiger partial charge in [-0.1, -0.05) is 95.4 Å². The molecule has 6 nitrogen and oxygen atoms in total. The maximum Gasteiger partial charge on any atom is 0.297 e. The Kier molecular flexibility index (Phi) is 12.4. The summed E-state index contributed by atoms with van der Waals surface area (Å²) in [5.74, 6) is 0.435. The number of aromatic nitrogens is 1. The van der Waals surface area contributed by atoms with E-state index in [-0.39, 0.29) is 23.8 Å². The molecule has 39 heavy (non-hydrogen) atoms. The van der Waals surface area contributed by atoms with E-state index in [0.717, 1.165) is 67.8 Å². The fraction of sp³-hybridized carbons (Fsp3) is 0.394. The maximum atomic E-state index is 13.7. The van der Waals surface area contributed by atoms with Crippen LogP contribution >= 0.6 is 0 Å². The molecule has 3 rings (SSSR count). The third-order valence-electron chi connectivity index (χ3n) is 6.50. The largest absolute Gasteiger partial charge is 0.489 e. The van der Waals surface area contributed by atoms with E-state index in [9.17, 15) is 9.59 Å². The van der Waals surface area contributed by atoms with Crippen molar-refractivity contribution in [1.29, 1.82) is 0 Å². The number of ether oxygens (including phenoxy) is 2. The van der Waals surface area contributed by atoms with Crippen LogP contribution in [-0.4, -0.2) is 23.7 Å². The quantitative estimate of drug-likeness (QED) is 0.110. The van der Waals surface area contributed by atoms with Crippen molar-refractivity contribution in [2.75, 3.05) is 18.5 Å². The van der Waals surface area contributed by atoms with Gasteiger partial charge >= 0.3 is 0 Å². The van der Waals surface area contributed by atoms with Gasteiger partial charge in [-0.05, 0) is 42.7 Å². The lowest BCUT2D eigenvalue weighted by atomic mass is 10.1. The number of nitrogens with one attached hydrogen (secondary N) is 1. The minimum absolute atomic E-state index is 0.213. The Morgan fingerprint density at radius 2 is 1.67 bits per heavy atom. The van der Waals surface area contributed by atoms with Crippen LogP contribution in [0.25, 0.3) is 17.0 Å². The van der Waals surface area contributed by atoms with Crippen molar-refractivity contribution in [3.8, 4) is 11.5 Å². The highest BCUT2D eigenvalue weighted by atomic mass is 16.5. The molecule has 0 aliphatic heterocycles. The first-order valence-electron chi connectivity index (χ1n) is 14.2. The summed E-state index contributed by atoms with van der Waals surface area (Å²) in [6, 6.07) is 15.3. The third kappa shape index (κ3) is 8.88. The van der Waals surface area contributed by atoms with Crippen molar-refractivity contribution in [3.05, 3.63) is 83.2 Å². The predicted octanol–water partition coefficient (Wildman–Crippen LogP) is 7.76. The molecule has 1 aromatic heterocycles. The maximum absolute atomic E-state index is 13.7. The van der Waals surface area contributed by atoms with Gasteiger partial charge in [0.25, 0.3) is 5.56 Å². The number of amides is 1. The number of pyridine rings is 1. The number of fused-ring (bicyclic) bond motifs is 1. The van der Waals surface area contributed by atoms with Gasteiger partial charge in [-0.25, -0.2) is 0 Å². The second kappa shape index (κ2) is 16.2. The Hall–Kier alpha value is -3.80. The Labute approximate surface area is 232 Å². The Morgan fingerprint density at radius 3 is 2.38 bits per heavy atom. The number of nitrogens with zero attached hydrogens (tertiary/aromatic N) is 1. The fourth-order valence-corrected chi connectivity index (χ4v) is 4.43. The minimum atomic E-state index is -0.242. The lowest BCUT2D eigenvalue weighted by Gasteiger charge is -2.19. The number of hydrogen-bond donors (Lipinski definition) is 1. The number of rotatable bonds is 17. The summed E-state index contributed by atoms with van der Waals surface area (Å²) in [4.78, 5) is 26.4. The van der Waals surface area contributed by atoms with Gasteiger partial charge in [0.2, 0.25) is 11.7 Å². The van der Waals surface area contributed by atoms with Crippen molar-refractivity contribution in [1.82, 2.24) is 4.57 Å². The molecular formula is C33H42N2O4. The zero-order chi connectivity index (χ0) is 27.9. The summed E-state index contributed by atoms with van der Waals surface area (Å²) >= 11 is 0. The summed E-state index contributed by atoms with van der Waals surface area (Å²) in [6.45, 7) is 9.35. The van der Waals surface area contributed by atoms with Crippen LogP contribution in [0, 0.1) is 0 Å². The molecule has 0 spiro atoms. The highest BCUT2D eigenvalue weighted by Crippen LogP contribution is 2.35. The van der Waals surface area contributed by atoms with Crippen LogP contribution in [0.1, 0.15) is 70.8 Å².